The van der Waals surface area contributed by atoms with Crippen molar-refractivity contribution in [3.63, 3.8) is 0 Å². The maximum absolute atomic E-state index is 13.1. The molecular weight excluding hydrogens is 318 g/mol. The second-order valence-electron chi connectivity index (χ2n) is 8.29. The zero-order valence-corrected chi connectivity index (χ0v) is 15.9. The maximum atomic E-state index is 13.1. The zero-order valence-electron chi connectivity index (χ0n) is 15.1. The Morgan fingerprint density at radius 1 is 0.750 bits per heavy atom. The van der Waals surface area contributed by atoms with Crippen molar-refractivity contribution < 1.29 is 9.59 Å². The number of nitrogens with zero attached hydrogens (tertiary/aromatic N) is 1. The molecule has 0 fully saturated rings. The van der Waals surface area contributed by atoms with Crippen LogP contribution in [0.2, 0.25) is 0 Å². The highest BCUT2D eigenvalue weighted by Gasteiger charge is 2.46. The molecule has 126 valence electrons. The van der Waals surface area contributed by atoms with Crippen LogP contribution >= 0.6 is 11.3 Å². The molecule has 0 aliphatic carbocycles. The third-order valence-corrected chi connectivity index (χ3v) is 6.16. The average molecular weight is 341 g/mol. The fourth-order valence-electron chi connectivity index (χ4n) is 3.02. The molecule has 0 saturated carbocycles. The standard InChI is InChI=1S/C20H23NO2S/c1-19(2,3)15-13-14(16(24-15)20(4,5)6)18(23)21(17(13)22)12-10-8-7-9-11-12/h7-11H,1-6H3. The largest absolute Gasteiger partial charge is 0.268 e. The number of benzene rings is 1. The minimum absolute atomic E-state index is 0.180. The smallest absolute Gasteiger partial charge is 0.267 e. The average Bonchev–Trinajstić information content (AvgIpc) is 2.98. The number of anilines is 1. The van der Waals surface area contributed by atoms with Crippen molar-refractivity contribution in [3.8, 4) is 0 Å². The van der Waals surface area contributed by atoms with Gasteiger partial charge < -0.3 is 0 Å². The van der Waals surface area contributed by atoms with E-state index in [0.717, 1.165) is 9.75 Å². The monoisotopic (exact) mass is 341 g/mol. The third kappa shape index (κ3) is 2.49. The number of imide groups is 1. The Morgan fingerprint density at radius 2 is 1.17 bits per heavy atom. The minimum atomic E-state index is -0.196. The molecular formula is C20H23NO2S. The molecule has 0 spiro atoms. The number of hydrogen-bond acceptors (Lipinski definition) is 3. The third-order valence-electron chi connectivity index (χ3n) is 4.12. The molecule has 1 aliphatic heterocycles. The van der Waals surface area contributed by atoms with Gasteiger partial charge in [0.25, 0.3) is 11.8 Å². The van der Waals surface area contributed by atoms with E-state index in [0.29, 0.717) is 16.8 Å². The van der Waals surface area contributed by atoms with E-state index in [2.05, 4.69) is 41.5 Å². The van der Waals surface area contributed by atoms with Gasteiger partial charge in [0.15, 0.2) is 0 Å². The summed E-state index contributed by atoms with van der Waals surface area (Å²) in [5, 5.41) is 0. The summed E-state index contributed by atoms with van der Waals surface area (Å²) in [6, 6.07) is 9.18. The highest BCUT2D eigenvalue weighted by Crippen LogP contribution is 2.46. The van der Waals surface area contributed by atoms with E-state index in [9.17, 15) is 9.59 Å². The Bertz CT molecular complexity index is 771. The Kier molecular flexibility index (Phi) is 3.72. The molecule has 0 N–H and O–H groups in total. The van der Waals surface area contributed by atoms with Crippen molar-refractivity contribution in [3.05, 3.63) is 51.2 Å². The van der Waals surface area contributed by atoms with Gasteiger partial charge in [0.1, 0.15) is 0 Å². The minimum Gasteiger partial charge on any atom is -0.268 e. The first kappa shape index (κ1) is 16.9. The summed E-state index contributed by atoms with van der Waals surface area (Å²) < 4.78 is 0. The molecule has 2 heterocycles. The molecule has 1 aromatic heterocycles. The number of amides is 2. The second-order valence-corrected chi connectivity index (χ2v) is 9.31. The summed E-state index contributed by atoms with van der Waals surface area (Å²) in [4.78, 5) is 29.6. The first-order valence-corrected chi connectivity index (χ1v) is 8.96. The van der Waals surface area contributed by atoms with Crippen LogP contribution in [-0.2, 0) is 10.8 Å². The Balaban J connectivity index is 2.26. The van der Waals surface area contributed by atoms with E-state index in [1.165, 1.54) is 4.90 Å². The molecule has 0 atom stereocenters. The molecule has 0 radical (unpaired) electrons. The van der Waals surface area contributed by atoms with Crippen LogP contribution in [0.15, 0.2) is 30.3 Å². The molecule has 0 unspecified atom stereocenters. The number of rotatable bonds is 1. The van der Waals surface area contributed by atoms with Crippen molar-refractivity contribution in [2.45, 2.75) is 52.4 Å². The molecule has 0 bridgehead atoms. The quantitative estimate of drug-likeness (QED) is 0.673. The van der Waals surface area contributed by atoms with Gasteiger partial charge in [0, 0.05) is 9.75 Å². The van der Waals surface area contributed by atoms with Gasteiger partial charge in [-0.15, -0.1) is 11.3 Å². The summed E-state index contributed by atoms with van der Waals surface area (Å²) in [5.74, 6) is -0.393. The van der Waals surface area contributed by atoms with E-state index in [4.69, 9.17) is 0 Å². The fourth-order valence-corrected chi connectivity index (χ4v) is 4.42. The van der Waals surface area contributed by atoms with Gasteiger partial charge in [-0.25, -0.2) is 4.90 Å². The van der Waals surface area contributed by atoms with E-state index in [1.54, 1.807) is 23.5 Å². The topological polar surface area (TPSA) is 37.4 Å². The first-order chi connectivity index (χ1) is 11.0. The van der Waals surface area contributed by atoms with Crippen molar-refractivity contribution in [1.82, 2.24) is 0 Å². The summed E-state index contributed by atoms with van der Waals surface area (Å²) in [6.45, 7) is 12.6. The van der Waals surface area contributed by atoms with Gasteiger partial charge in [-0.1, -0.05) is 59.7 Å². The zero-order chi connectivity index (χ0) is 17.9. The van der Waals surface area contributed by atoms with Crippen LogP contribution in [-0.4, -0.2) is 11.8 Å². The van der Waals surface area contributed by atoms with Gasteiger partial charge in [-0.05, 0) is 23.0 Å². The van der Waals surface area contributed by atoms with E-state index >= 15 is 0 Å². The molecule has 24 heavy (non-hydrogen) atoms. The highest BCUT2D eigenvalue weighted by atomic mass is 32.1. The summed E-state index contributed by atoms with van der Waals surface area (Å²) in [6.07, 6.45) is 0. The summed E-state index contributed by atoms with van der Waals surface area (Å²) in [5.41, 5.74) is 1.48. The van der Waals surface area contributed by atoms with Gasteiger partial charge in [0.2, 0.25) is 0 Å². The van der Waals surface area contributed by atoms with Crippen LogP contribution in [0.3, 0.4) is 0 Å². The number of thiophene rings is 1. The predicted molar refractivity (Wildman–Crippen MR) is 99.3 cm³/mol. The van der Waals surface area contributed by atoms with Crippen LogP contribution in [0.4, 0.5) is 5.69 Å². The molecule has 3 rings (SSSR count). The van der Waals surface area contributed by atoms with Crippen molar-refractivity contribution in [2.24, 2.45) is 0 Å². The fraction of sp³-hybridized carbons (Fsp3) is 0.400. The second kappa shape index (κ2) is 5.28. The number of fused-ring (bicyclic) bond motifs is 1. The molecule has 2 aromatic rings. The van der Waals surface area contributed by atoms with E-state index in [1.807, 2.05) is 18.2 Å². The van der Waals surface area contributed by atoms with Crippen LogP contribution < -0.4 is 4.90 Å². The van der Waals surface area contributed by atoms with E-state index in [-0.39, 0.29) is 22.6 Å². The molecule has 1 aliphatic rings. The summed E-state index contributed by atoms with van der Waals surface area (Å²) in [7, 11) is 0. The number of carbonyl (C=O) groups excluding carboxylic acids is 2. The lowest BCUT2D eigenvalue weighted by Crippen LogP contribution is -2.31. The maximum Gasteiger partial charge on any atom is 0.267 e. The Labute approximate surface area is 147 Å². The van der Waals surface area contributed by atoms with Crippen LogP contribution in [0, 0.1) is 0 Å². The molecule has 4 heteroatoms. The highest BCUT2D eigenvalue weighted by molar-refractivity contribution is 7.13. The van der Waals surface area contributed by atoms with E-state index < -0.39 is 0 Å². The molecule has 3 nitrogen and oxygen atoms in total. The Morgan fingerprint density at radius 3 is 1.54 bits per heavy atom. The molecule has 1 aromatic carbocycles. The number of carbonyl (C=O) groups is 2. The summed E-state index contributed by atoms with van der Waals surface area (Å²) >= 11 is 1.61. The molecule has 0 saturated heterocycles. The first-order valence-electron chi connectivity index (χ1n) is 8.15. The van der Waals surface area contributed by atoms with Gasteiger partial charge in [0.05, 0.1) is 16.8 Å². The van der Waals surface area contributed by atoms with Crippen LogP contribution in [0.25, 0.3) is 0 Å². The van der Waals surface area contributed by atoms with Crippen LogP contribution in [0.1, 0.15) is 72.0 Å². The number of para-hydroxylation sites is 1. The van der Waals surface area contributed by atoms with Crippen LogP contribution in [0.5, 0.6) is 0 Å². The van der Waals surface area contributed by atoms with Gasteiger partial charge >= 0.3 is 0 Å². The predicted octanol–water partition coefficient (Wildman–Crippen LogP) is 5.14. The lowest BCUT2D eigenvalue weighted by Gasteiger charge is -2.22. The van der Waals surface area contributed by atoms with Crippen molar-refractivity contribution in [1.29, 1.82) is 0 Å². The number of hydrogen-bond donors (Lipinski definition) is 0. The van der Waals surface area contributed by atoms with Gasteiger partial charge in [-0.2, -0.15) is 0 Å². The van der Waals surface area contributed by atoms with Crippen molar-refractivity contribution >= 4 is 28.8 Å². The van der Waals surface area contributed by atoms with Crippen molar-refractivity contribution in [2.75, 3.05) is 4.90 Å². The van der Waals surface area contributed by atoms with Gasteiger partial charge in [-0.3, -0.25) is 9.59 Å². The normalized spacial score (nSPS) is 15.2. The lowest BCUT2D eigenvalue weighted by molar-refractivity contribution is 0.0924. The molecule has 2 amide bonds. The lowest BCUT2D eigenvalue weighted by atomic mass is 9.87. The Hall–Kier alpha value is -1.94. The SMILES string of the molecule is CC(C)(C)c1sc(C(C)(C)C)c2c1C(=O)N(c1ccccc1)C2=O.